The van der Waals surface area contributed by atoms with Crippen LogP contribution in [0.25, 0.3) is 0 Å². The van der Waals surface area contributed by atoms with Crippen molar-refractivity contribution in [1.29, 1.82) is 0 Å². The van der Waals surface area contributed by atoms with Crippen LogP contribution in [0.1, 0.15) is 64.2 Å². The Balaban J connectivity index is 1.38. The van der Waals surface area contributed by atoms with Crippen molar-refractivity contribution in [2.24, 2.45) is 5.41 Å². The molecule has 2 saturated heterocycles. The SMILES string of the molecule is O=C(CCCC[C@@H]1CCSS1)N1CCC[C@@]2(CC=CCC2)C1. The predicted molar refractivity (Wildman–Crippen MR) is 98.2 cm³/mol. The molecule has 0 saturated carbocycles. The van der Waals surface area contributed by atoms with Gasteiger partial charge in [-0.25, -0.2) is 0 Å². The molecule has 1 amide bonds. The van der Waals surface area contributed by atoms with Gasteiger partial charge in [-0.1, -0.05) is 40.2 Å². The second-order valence-electron chi connectivity index (χ2n) is 7.21. The first-order valence-corrected chi connectivity index (χ1v) is 11.4. The topological polar surface area (TPSA) is 20.3 Å². The first-order valence-electron chi connectivity index (χ1n) is 8.99. The fourth-order valence-corrected chi connectivity index (χ4v) is 7.13. The van der Waals surface area contributed by atoms with E-state index < -0.39 is 0 Å². The highest BCUT2D eigenvalue weighted by molar-refractivity contribution is 8.77. The molecule has 2 heterocycles. The Morgan fingerprint density at radius 2 is 2.23 bits per heavy atom. The summed E-state index contributed by atoms with van der Waals surface area (Å²) in [6.07, 6.45) is 16.6. The summed E-state index contributed by atoms with van der Waals surface area (Å²) in [5.41, 5.74) is 0.417. The Morgan fingerprint density at radius 3 is 3.00 bits per heavy atom. The molecule has 124 valence electrons. The maximum atomic E-state index is 12.5. The van der Waals surface area contributed by atoms with E-state index in [9.17, 15) is 4.79 Å². The van der Waals surface area contributed by atoms with Crippen LogP contribution in [0.5, 0.6) is 0 Å². The van der Waals surface area contributed by atoms with Gasteiger partial charge in [0.05, 0.1) is 0 Å². The van der Waals surface area contributed by atoms with E-state index in [0.29, 0.717) is 11.3 Å². The molecule has 2 aliphatic heterocycles. The fourth-order valence-electron chi connectivity index (χ4n) is 4.11. The van der Waals surface area contributed by atoms with Gasteiger partial charge in [0, 0.05) is 30.5 Å². The van der Waals surface area contributed by atoms with Gasteiger partial charge in [0.2, 0.25) is 5.91 Å². The van der Waals surface area contributed by atoms with Crippen LogP contribution in [-0.2, 0) is 4.79 Å². The molecular formula is C18H29NOS2. The van der Waals surface area contributed by atoms with E-state index in [2.05, 4.69) is 27.8 Å². The number of hydrogen-bond acceptors (Lipinski definition) is 3. The third kappa shape index (κ3) is 4.47. The quantitative estimate of drug-likeness (QED) is 0.397. The van der Waals surface area contributed by atoms with Crippen LogP contribution >= 0.6 is 21.6 Å². The Bertz CT molecular complexity index is 406. The summed E-state index contributed by atoms with van der Waals surface area (Å²) >= 11 is 0. The van der Waals surface area contributed by atoms with Crippen molar-refractivity contribution in [2.45, 2.75) is 69.5 Å². The standard InChI is InChI=1S/C18H29NOS2/c20-17(8-3-2-7-16-9-14-21-22-16)19-13-6-12-18(15-19)10-4-1-5-11-18/h1,4,16H,2-3,5-15H2/t16-,18+/m1/s1. The van der Waals surface area contributed by atoms with Gasteiger partial charge in [-0.05, 0) is 56.8 Å². The van der Waals surface area contributed by atoms with E-state index in [-0.39, 0.29) is 0 Å². The number of nitrogens with zero attached hydrogens (tertiary/aromatic N) is 1. The number of amides is 1. The van der Waals surface area contributed by atoms with Gasteiger partial charge < -0.3 is 4.90 Å². The summed E-state index contributed by atoms with van der Waals surface area (Å²) in [4.78, 5) is 14.7. The van der Waals surface area contributed by atoms with Crippen molar-refractivity contribution in [3.05, 3.63) is 12.2 Å². The first kappa shape index (κ1) is 16.8. The van der Waals surface area contributed by atoms with Crippen LogP contribution < -0.4 is 0 Å². The third-order valence-corrected chi connectivity index (χ3v) is 8.47. The first-order chi connectivity index (χ1) is 10.8. The highest BCUT2D eigenvalue weighted by Crippen LogP contribution is 2.41. The van der Waals surface area contributed by atoms with Crippen molar-refractivity contribution < 1.29 is 4.79 Å². The van der Waals surface area contributed by atoms with E-state index in [1.165, 1.54) is 57.1 Å². The normalized spacial score (nSPS) is 31.8. The van der Waals surface area contributed by atoms with Crippen molar-refractivity contribution >= 4 is 27.5 Å². The molecule has 1 spiro atoms. The highest BCUT2D eigenvalue weighted by atomic mass is 33.1. The lowest BCUT2D eigenvalue weighted by Crippen LogP contribution is -2.46. The summed E-state index contributed by atoms with van der Waals surface area (Å²) in [6.45, 7) is 2.02. The molecule has 2 atom stereocenters. The molecule has 4 heteroatoms. The summed E-state index contributed by atoms with van der Waals surface area (Å²) < 4.78 is 0. The number of rotatable bonds is 5. The fraction of sp³-hybridized carbons (Fsp3) is 0.833. The Labute approximate surface area is 143 Å². The number of carbonyl (C=O) groups is 1. The Hall–Kier alpha value is -0.0900. The molecule has 0 aromatic heterocycles. The molecule has 2 fully saturated rings. The largest absolute Gasteiger partial charge is 0.342 e. The van der Waals surface area contributed by atoms with Gasteiger partial charge in [-0.15, -0.1) is 0 Å². The lowest BCUT2D eigenvalue weighted by molar-refractivity contribution is -0.135. The second kappa shape index (κ2) is 8.14. The van der Waals surface area contributed by atoms with Gasteiger partial charge in [0.25, 0.3) is 0 Å². The molecule has 2 nitrogen and oxygen atoms in total. The van der Waals surface area contributed by atoms with Gasteiger partial charge in [0.15, 0.2) is 0 Å². The van der Waals surface area contributed by atoms with E-state index in [0.717, 1.165) is 31.2 Å². The lowest BCUT2D eigenvalue weighted by atomic mass is 9.71. The van der Waals surface area contributed by atoms with E-state index >= 15 is 0 Å². The molecule has 3 rings (SSSR count). The number of allylic oxidation sites excluding steroid dienone is 2. The smallest absolute Gasteiger partial charge is 0.222 e. The maximum absolute atomic E-state index is 12.5. The summed E-state index contributed by atoms with van der Waals surface area (Å²) in [5, 5.41) is 0.854. The lowest BCUT2D eigenvalue weighted by Gasteiger charge is -2.44. The van der Waals surface area contributed by atoms with Crippen LogP contribution in [-0.4, -0.2) is 34.9 Å². The summed E-state index contributed by atoms with van der Waals surface area (Å²) in [6, 6.07) is 0. The van der Waals surface area contributed by atoms with Crippen LogP contribution in [0.2, 0.25) is 0 Å². The predicted octanol–water partition coefficient (Wildman–Crippen LogP) is 5.05. The Morgan fingerprint density at radius 1 is 1.27 bits per heavy atom. The van der Waals surface area contributed by atoms with Crippen LogP contribution in [0, 0.1) is 5.41 Å². The minimum Gasteiger partial charge on any atom is -0.342 e. The van der Waals surface area contributed by atoms with Crippen molar-refractivity contribution in [3.63, 3.8) is 0 Å². The zero-order valence-electron chi connectivity index (χ0n) is 13.6. The molecule has 0 aromatic rings. The van der Waals surface area contributed by atoms with E-state index in [1.807, 2.05) is 10.8 Å². The monoisotopic (exact) mass is 339 g/mol. The van der Waals surface area contributed by atoms with Crippen molar-refractivity contribution in [2.75, 3.05) is 18.8 Å². The molecule has 0 aromatic carbocycles. The number of likely N-dealkylation sites (tertiary alicyclic amines) is 1. The van der Waals surface area contributed by atoms with E-state index in [4.69, 9.17) is 0 Å². The minimum atomic E-state index is 0.417. The molecule has 0 bridgehead atoms. The zero-order valence-corrected chi connectivity index (χ0v) is 15.2. The number of unbranched alkanes of at least 4 members (excludes halogenated alkanes) is 1. The molecule has 0 radical (unpaired) electrons. The van der Waals surface area contributed by atoms with Crippen molar-refractivity contribution in [3.8, 4) is 0 Å². The number of hydrogen-bond donors (Lipinski definition) is 0. The Kier molecular flexibility index (Phi) is 6.20. The van der Waals surface area contributed by atoms with Crippen LogP contribution in [0.4, 0.5) is 0 Å². The molecule has 22 heavy (non-hydrogen) atoms. The molecule has 0 N–H and O–H groups in total. The molecule has 1 aliphatic carbocycles. The van der Waals surface area contributed by atoms with Gasteiger partial charge in [0.1, 0.15) is 0 Å². The van der Waals surface area contributed by atoms with Gasteiger partial charge in [-0.3, -0.25) is 4.79 Å². The second-order valence-corrected chi connectivity index (χ2v) is 10.00. The molecule has 0 unspecified atom stereocenters. The number of carbonyl (C=O) groups excluding carboxylic acids is 1. The van der Waals surface area contributed by atoms with E-state index in [1.54, 1.807) is 0 Å². The van der Waals surface area contributed by atoms with Gasteiger partial charge in [-0.2, -0.15) is 0 Å². The van der Waals surface area contributed by atoms with Gasteiger partial charge >= 0.3 is 0 Å². The minimum absolute atomic E-state index is 0.417. The summed E-state index contributed by atoms with van der Waals surface area (Å²) in [7, 11) is 4.08. The number of piperidine rings is 1. The molecular weight excluding hydrogens is 310 g/mol. The van der Waals surface area contributed by atoms with Crippen molar-refractivity contribution in [1.82, 2.24) is 4.90 Å². The average Bonchev–Trinajstić information content (AvgIpc) is 3.05. The zero-order chi connectivity index (χ0) is 15.3. The molecule has 3 aliphatic rings. The summed E-state index contributed by atoms with van der Waals surface area (Å²) in [5.74, 6) is 1.74. The average molecular weight is 340 g/mol. The third-order valence-electron chi connectivity index (χ3n) is 5.47. The maximum Gasteiger partial charge on any atom is 0.222 e. The highest BCUT2D eigenvalue weighted by Gasteiger charge is 2.36. The van der Waals surface area contributed by atoms with Crippen LogP contribution in [0.3, 0.4) is 0 Å². The van der Waals surface area contributed by atoms with Crippen LogP contribution in [0.15, 0.2) is 12.2 Å².